The normalized spacial score (nSPS) is 10.2. The minimum Gasteiger partial charge on any atom is -0.380 e. The van der Waals surface area contributed by atoms with Crippen molar-refractivity contribution in [3.8, 4) is 0 Å². The first-order valence-corrected chi connectivity index (χ1v) is 5.18. The molecule has 0 atom stereocenters. The third-order valence-electron chi connectivity index (χ3n) is 1.87. The fourth-order valence-corrected chi connectivity index (χ4v) is 1.80. The van der Waals surface area contributed by atoms with Crippen LogP contribution in [0.15, 0.2) is 22.7 Å². The largest absolute Gasteiger partial charge is 0.380 e. The first kappa shape index (κ1) is 11.4. The van der Waals surface area contributed by atoms with E-state index in [1.165, 1.54) is 0 Å². The summed E-state index contributed by atoms with van der Waals surface area (Å²) >= 11 is 3.45. The molecule has 0 aliphatic rings. The van der Waals surface area contributed by atoms with Gasteiger partial charge in [-0.2, -0.15) is 0 Å². The molecule has 14 heavy (non-hydrogen) atoms. The van der Waals surface area contributed by atoms with Crippen molar-refractivity contribution < 1.29 is 9.53 Å². The molecule has 1 aromatic rings. The molecule has 0 saturated heterocycles. The second-order valence-electron chi connectivity index (χ2n) is 3.24. The molecule has 0 heterocycles. The number of ketones is 1. The van der Waals surface area contributed by atoms with Crippen LogP contribution in [-0.4, -0.2) is 12.9 Å². The molecule has 2 nitrogen and oxygen atoms in total. The summed E-state index contributed by atoms with van der Waals surface area (Å²) in [5.41, 5.74) is 2.13. The van der Waals surface area contributed by atoms with E-state index in [1.54, 1.807) is 14.0 Å². The first-order valence-electron chi connectivity index (χ1n) is 4.39. The Morgan fingerprint density at radius 1 is 1.50 bits per heavy atom. The van der Waals surface area contributed by atoms with E-state index in [9.17, 15) is 4.79 Å². The molecule has 0 unspecified atom stereocenters. The highest BCUT2D eigenvalue weighted by Gasteiger charge is 2.02. The highest BCUT2D eigenvalue weighted by molar-refractivity contribution is 9.10. The van der Waals surface area contributed by atoms with Gasteiger partial charge in [0, 0.05) is 18.0 Å². The molecule has 0 N–H and O–H groups in total. The number of rotatable bonds is 4. The Labute approximate surface area is 92.4 Å². The van der Waals surface area contributed by atoms with Crippen LogP contribution < -0.4 is 0 Å². The minimum absolute atomic E-state index is 0.177. The van der Waals surface area contributed by atoms with Gasteiger partial charge < -0.3 is 4.74 Å². The van der Waals surface area contributed by atoms with Crippen LogP contribution in [0, 0.1) is 0 Å². The van der Waals surface area contributed by atoms with Crippen LogP contribution in [-0.2, 0) is 22.6 Å². The zero-order valence-electron chi connectivity index (χ0n) is 8.34. The molecule has 1 aromatic carbocycles. The first-order chi connectivity index (χ1) is 6.63. The molecule has 1 rings (SSSR count). The van der Waals surface area contributed by atoms with Crippen molar-refractivity contribution in [3.63, 3.8) is 0 Å². The van der Waals surface area contributed by atoms with Crippen LogP contribution in [0.3, 0.4) is 0 Å². The van der Waals surface area contributed by atoms with E-state index in [1.807, 2.05) is 18.2 Å². The van der Waals surface area contributed by atoms with Crippen molar-refractivity contribution in [1.29, 1.82) is 0 Å². The van der Waals surface area contributed by atoms with Crippen molar-refractivity contribution in [2.45, 2.75) is 20.0 Å². The maximum Gasteiger partial charge on any atom is 0.134 e. The lowest BCUT2D eigenvalue weighted by Gasteiger charge is -2.05. The number of hydrogen-bond donors (Lipinski definition) is 0. The van der Waals surface area contributed by atoms with Gasteiger partial charge >= 0.3 is 0 Å². The molecule has 0 saturated carbocycles. The number of hydrogen-bond acceptors (Lipinski definition) is 2. The quantitative estimate of drug-likeness (QED) is 0.829. The lowest BCUT2D eigenvalue weighted by molar-refractivity contribution is -0.116. The summed E-state index contributed by atoms with van der Waals surface area (Å²) in [5, 5.41) is 0. The van der Waals surface area contributed by atoms with Crippen LogP contribution in [0.5, 0.6) is 0 Å². The fourth-order valence-electron chi connectivity index (χ4n) is 1.26. The smallest absolute Gasteiger partial charge is 0.134 e. The molecule has 0 aliphatic carbocycles. The van der Waals surface area contributed by atoms with Gasteiger partial charge in [-0.25, -0.2) is 0 Å². The van der Waals surface area contributed by atoms with E-state index in [4.69, 9.17) is 4.74 Å². The fraction of sp³-hybridized carbons (Fsp3) is 0.364. The molecule has 76 valence electrons. The number of halogens is 1. The highest BCUT2D eigenvalue weighted by Crippen LogP contribution is 2.19. The Kier molecular flexibility index (Phi) is 4.29. The van der Waals surface area contributed by atoms with Gasteiger partial charge in [-0.05, 0) is 24.1 Å². The Bertz CT molecular complexity index is 334. The second kappa shape index (κ2) is 5.27. The van der Waals surface area contributed by atoms with E-state index >= 15 is 0 Å². The molecule has 0 aromatic heterocycles. The van der Waals surface area contributed by atoms with Gasteiger partial charge in [-0.1, -0.05) is 28.1 Å². The van der Waals surface area contributed by atoms with Crippen LogP contribution in [0.4, 0.5) is 0 Å². The number of benzene rings is 1. The van der Waals surface area contributed by atoms with Crippen LogP contribution in [0.1, 0.15) is 18.1 Å². The van der Waals surface area contributed by atoms with Crippen molar-refractivity contribution in [2.24, 2.45) is 0 Å². The lowest BCUT2D eigenvalue weighted by atomic mass is 10.1. The molecular formula is C11H13BrO2. The van der Waals surface area contributed by atoms with Crippen LogP contribution >= 0.6 is 15.9 Å². The minimum atomic E-state index is 0.177. The van der Waals surface area contributed by atoms with Gasteiger partial charge in [-0.15, -0.1) is 0 Å². The topological polar surface area (TPSA) is 26.3 Å². The molecule has 0 aliphatic heterocycles. The van der Waals surface area contributed by atoms with E-state index in [0.29, 0.717) is 13.0 Å². The average molecular weight is 257 g/mol. The zero-order valence-corrected chi connectivity index (χ0v) is 9.93. The predicted octanol–water partition coefficient (Wildman–Crippen LogP) is 2.73. The third-order valence-corrected chi connectivity index (χ3v) is 2.61. The Morgan fingerprint density at radius 3 is 2.71 bits per heavy atom. The van der Waals surface area contributed by atoms with E-state index in [2.05, 4.69) is 15.9 Å². The molecule has 0 amide bonds. The second-order valence-corrected chi connectivity index (χ2v) is 4.09. The molecule has 0 fully saturated rings. The summed E-state index contributed by atoms with van der Waals surface area (Å²) in [6.45, 7) is 2.18. The highest BCUT2D eigenvalue weighted by atomic mass is 79.9. The summed E-state index contributed by atoms with van der Waals surface area (Å²) in [6.07, 6.45) is 0.492. The zero-order chi connectivity index (χ0) is 10.6. The van der Waals surface area contributed by atoms with Gasteiger partial charge in [0.1, 0.15) is 5.78 Å². The number of methoxy groups -OCH3 is 1. The van der Waals surface area contributed by atoms with Crippen molar-refractivity contribution >= 4 is 21.7 Å². The van der Waals surface area contributed by atoms with Crippen LogP contribution in [0.25, 0.3) is 0 Å². The molecule has 0 radical (unpaired) electrons. The van der Waals surface area contributed by atoms with Crippen molar-refractivity contribution in [2.75, 3.05) is 7.11 Å². The molecule has 0 spiro atoms. The van der Waals surface area contributed by atoms with Crippen LogP contribution in [0.2, 0.25) is 0 Å². The summed E-state index contributed by atoms with van der Waals surface area (Å²) in [7, 11) is 1.66. The Balaban J connectivity index is 2.83. The number of carbonyl (C=O) groups excluding carboxylic acids is 1. The maximum atomic E-state index is 10.9. The molecular weight excluding hydrogens is 244 g/mol. The van der Waals surface area contributed by atoms with Gasteiger partial charge in [0.25, 0.3) is 0 Å². The SMILES string of the molecule is COCc1ccc(CC(C)=O)cc1Br. The van der Waals surface area contributed by atoms with E-state index in [0.717, 1.165) is 15.6 Å². The number of carbonyl (C=O) groups is 1. The molecule has 3 heteroatoms. The van der Waals surface area contributed by atoms with Gasteiger partial charge in [0.15, 0.2) is 0 Å². The predicted molar refractivity (Wildman–Crippen MR) is 59.2 cm³/mol. The Morgan fingerprint density at radius 2 is 2.21 bits per heavy atom. The lowest BCUT2D eigenvalue weighted by Crippen LogP contribution is -1.97. The van der Waals surface area contributed by atoms with Gasteiger partial charge in [-0.3, -0.25) is 4.79 Å². The van der Waals surface area contributed by atoms with Gasteiger partial charge in [0.2, 0.25) is 0 Å². The number of Topliss-reactive ketones (excluding diaryl/α,β-unsaturated/α-hetero) is 1. The van der Waals surface area contributed by atoms with Crippen molar-refractivity contribution in [1.82, 2.24) is 0 Å². The summed E-state index contributed by atoms with van der Waals surface area (Å²) in [6, 6.07) is 5.90. The summed E-state index contributed by atoms with van der Waals surface area (Å²) < 4.78 is 6.03. The monoisotopic (exact) mass is 256 g/mol. The summed E-state index contributed by atoms with van der Waals surface area (Å²) in [5.74, 6) is 0.177. The number of ether oxygens (including phenoxy) is 1. The maximum absolute atomic E-state index is 10.9. The third kappa shape index (κ3) is 3.24. The van der Waals surface area contributed by atoms with Crippen molar-refractivity contribution in [3.05, 3.63) is 33.8 Å². The molecule has 0 bridgehead atoms. The van der Waals surface area contributed by atoms with E-state index in [-0.39, 0.29) is 5.78 Å². The van der Waals surface area contributed by atoms with Gasteiger partial charge in [0.05, 0.1) is 6.61 Å². The Hall–Kier alpha value is -0.670. The average Bonchev–Trinajstić information content (AvgIpc) is 2.09. The standard InChI is InChI=1S/C11H13BrO2/c1-8(13)5-9-3-4-10(7-14-2)11(12)6-9/h3-4,6H,5,7H2,1-2H3. The van der Waals surface area contributed by atoms with E-state index < -0.39 is 0 Å². The summed E-state index contributed by atoms with van der Waals surface area (Å²) in [4.78, 5) is 10.9.